The van der Waals surface area contributed by atoms with Gasteiger partial charge in [-0.15, -0.1) is 0 Å². The zero-order valence-corrected chi connectivity index (χ0v) is 18.6. The van der Waals surface area contributed by atoms with E-state index in [4.69, 9.17) is 0 Å². The molecule has 11 heteroatoms. The molecule has 1 fully saturated rings. The van der Waals surface area contributed by atoms with Crippen LogP contribution < -0.4 is 4.90 Å². The van der Waals surface area contributed by atoms with Crippen LogP contribution in [-0.4, -0.2) is 70.1 Å². The van der Waals surface area contributed by atoms with E-state index in [9.17, 15) is 26.0 Å². The normalized spacial score (nSPS) is 19.2. The summed E-state index contributed by atoms with van der Waals surface area (Å²) in [6, 6.07) is 3.61. The number of hydrogen-bond acceptors (Lipinski definition) is 4. The van der Waals surface area contributed by atoms with Gasteiger partial charge in [-0.1, -0.05) is 20.4 Å². The molecule has 0 radical (unpaired) electrons. The van der Waals surface area contributed by atoms with E-state index in [0.717, 1.165) is 12.3 Å². The van der Waals surface area contributed by atoms with E-state index in [1.165, 1.54) is 19.2 Å². The van der Waals surface area contributed by atoms with Crippen LogP contribution in [0, 0.1) is 11.7 Å². The first-order valence-corrected chi connectivity index (χ1v) is 11.4. The van der Waals surface area contributed by atoms with Gasteiger partial charge in [0.25, 0.3) is 0 Å². The maximum absolute atomic E-state index is 14.0. The number of guanidine groups is 1. The van der Waals surface area contributed by atoms with Gasteiger partial charge >= 0.3 is 6.18 Å². The lowest BCUT2D eigenvalue weighted by Crippen LogP contribution is -2.57. The van der Waals surface area contributed by atoms with Gasteiger partial charge < -0.3 is 9.80 Å². The second-order valence-electron chi connectivity index (χ2n) is 7.56. The molecule has 0 saturated carbocycles. The number of anilines is 1. The fourth-order valence-corrected chi connectivity index (χ4v) is 4.17. The number of aliphatic imine (C=N–C) groups is 2. The number of hydrogen-bond donors (Lipinski definition) is 0. The Kier molecular flexibility index (Phi) is 7.51. The van der Waals surface area contributed by atoms with Crippen molar-refractivity contribution >= 4 is 27.2 Å². The second-order valence-corrected chi connectivity index (χ2v) is 9.54. The number of piperazine rings is 1. The molecule has 1 aromatic carbocycles. The third-order valence-corrected chi connectivity index (χ3v) is 6.14. The van der Waals surface area contributed by atoms with E-state index in [1.807, 2.05) is 18.7 Å². The number of benzene rings is 1. The quantitative estimate of drug-likeness (QED) is 0.390. The van der Waals surface area contributed by atoms with E-state index < -0.39 is 32.4 Å². The highest BCUT2D eigenvalue weighted by Gasteiger charge is 2.36. The summed E-state index contributed by atoms with van der Waals surface area (Å²) in [5, 5.41) is 0. The van der Waals surface area contributed by atoms with Gasteiger partial charge in [-0.25, -0.2) is 17.8 Å². The summed E-state index contributed by atoms with van der Waals surface area (Å²) in [4.78, 5) is 10.9. The van der Waals surface area contributed by atoms with Crippen molar-refractivity contribution in [2.24, 2.45) is 15.9 Å². The van der Waals surface area contributed by atoms with Gasteiger partial charge in [0.2, 0.25) is 5.96 Å². The highest BCUT2D eigenvalue weighted by atomic mass is 32.2. The van der Waals surface area contributed by atoms with Crippen LogP contribution in [0.5, 0.6) is 0 Å². The summed E-state index contributed by atoms with van der Waals surface area (Å²) in [6.45, 7) is 8.06. The molecule has 1 aliphatic heterocycles. The van der Waals surface area contributed by atoms with Gasteiger partial charge in [0.05, 0.1) is 6.04 Å². The smallest absolute Gasteiger partial charge is 0.368 e. The Balaban J connectivity index is 2.37. The van der Waals surface area contributed by atoms with E-state index >= 15 is 0 Å². The van der Waals surface area contributed by atoms with Crippen LogP contribution in [-0.2, 0) is 9.84 Å². The molecule has 0 aliphatic carbocycles. The Bertz CT molecular complexity index is 987. The number of nitrogens with zero attached hydrogens (tertiary/aromatic N) is 4. The number of alkyl halides is 3. The van der Waals surface area contributed by atoms with Crippen molar-refractivity contribution in [3.05, 3.63) is 36.7 Å². The minimum absolute atomic E-state index is 0.0163. The molecule has 1 aromatic rings. The molecule has 1 saturated heterocycles. The predicted molar refractivity (Wildman–Crippen MR) is 114 cm³/mol. The SMILES string of the molecule is C=C/C(=N\C(=N/C)N1CCN(c2ccc(F)c(S(C)(=O)=O)c2)CC1C(C)C)C(F)(F)F. The van der Waals surface area contributed by atoms with Gasteiger partial charge in [-0.2, -0.15) is 13.2 Å². The molecule has 2 rings (SSSR count). The lowest BCUT2D eigenvalue weighted by molar-refractivity contribution is -0.0576. The molecular weight excluding hydrogens is 436 g/mol. The minimum atomic E-state index is -4.65. The Morgan fingerprint density at radius 3 is 2.42 bits per heavy atom. The third kappa shape index (κ3) is 5.84. The Hall–Kier alpha value is -2.43. The molecule has 1 atom stereocenters. The molecule has 0 amide bonds. The van der Waals surface area contributed by atoms with Gasteiger partial charge in [0.15, 0.2) is 9.84 Å². The average Bonchev–Trinajstić information content (AvgIpc) is 2.67. The summed E-state index contributed by atoms with van der Waals surface area (Å²) in [5.41, 5.74) is -0.609. The molecule has 31 heavy (non-hydrogen) atoms. The van der Waals surface area contributed by atoms with Crippen molar-refractivity contribution in [1.29, 1.82) is 0 Å². The van der Waals surface area contributed by atoms with Crippen molar-refractivity contribution in [1.82, 2.24) is 4.90 Å². The Morgan fingerprint density at radius 1 is 1.29 bits per heavy atom. The summed E-state index contributed by atoms with van der Waals surface area (Å²) < 4.78 is 77.1. The van der Waals surface area contributed by atoms with Crippen molar-refractivity contribution in [2.75, 3.05) is 37.8 Å². The van der Waals surface area contributed by atoms with Crippen LogP contribution in [0.1, 0.15) is 13.8 Å². The van der Waals surface area contributed by atoms with Crippen LogP contribution in [0.3, 0.4) is 0 Å². The summed E-state index contributed by atoms with van der Waals surface area (Å²) in [7, 11) is -2.37. The predicted octanol–water partition coefficient (Wildman–Crippen LogP) is 3.55. The third-order valence-electron chi connectivity index (χ3n) is 5.03. The molecule has 0 N–H and O–H groups in total. The summed E-state index contributed by atoms with van der Waals surface area (Å²) in [6.07, 6.45) is -3.07. The van der Waals surface area contributed by atoms with Crippen LogP contribution in [0.15, 0.2) is 45.7 Å². The van der Waals surface area contributed by atoms with Gasteiger partial charge in [-0.3, -0.25) is 4.99 Å². The summed E-state index contributed by atoms with van der Waals surface area (Å²) >= 11 is 0. The van der Waals surface area contributed by atoms with Crippen molar-refractivity contribution in [3.8, 4) is 0 Å². The first kappa shape index (κ1) is 24.8. The average molecular weight is 463 g/mol. The fraction of sp³-hybridized carbons (Fsp3) is 0.500. The first-order chi connectivity index (χ1) is 14.3. The highest BCUT2D eigenvalue weighted by molar-refractivity contribution is 7.90. The lowest BCUT2D eigenvalue weighted by atomic mass is 9.99. The second kappa shape index (κ2) is 9.37. The minimum Gasteiger partial charge on any atom is -0.368 e. The maximum Gasteiger partial charge on any atom is 0.433 e. The molecule has 1 aliphatic rings. The zero-order valence-electron chi connectivity index (χ0n) is 17.8. The van der Waals surface area contributed by atoms with Crippen LogP contribution >= 0.6 is 0 Å². The molecule has 6 nitrogen and oxygen atoms in total. The van der Waals surface area contributed by atoms with E-state index in [0.29, 0.717) is 31.4 Å². The zero-order chi connectivity index (χ0) is 23.6. The van der Waals surface area contributed by atoms with Crippen LogP contribution in [0.4, 0.5) is 23.2 Å². The number of halogens is 4. The number of rotatable bonds is 4. The van der Waals surface area contributed by atoms with Gasteiger partial charge in [0, 0.05) is 38.6 Å². The van der Waals surface area contributed by atoms with Crippen molar-refractivity contribution in [3.63, 3.8) is 0 Å². The van der Waals surface area contributed by atoms with Crippen LogP contribution in [0.2, 0.25) is 0 Å². The topological polar surface area (TPSA) is 65.3 Å². The summed E-state index contributed by atoms with van der Waals surface area (Å²) in [5.74, 6) is -0.867. The monoisotopic (exact) mass is 462 g/mol. The van der Waals surface area contributed by atoms with Gasteiger partial charge in [0.1, 0.15) is 16.4 Å². The molecule has 0 aromatic heterocycles. The van der Waals surface area contributed by atoms with Crippen molar-refractivity contribution < 1.29 is 26.0 Å². The number of allylic oxidation sites excluding steroid dienone is 1. The lowest BCUT2D eigenvalue weighted by Gasteiger charge is -2.44. The standard InChI is InChI=1S/C20H26F4N4O2S/c1-6-18(20(22,23)24)26-19(25-4)28-10-9-27(12-16(28)13(2)3)14-7-8-15(21)17(11-14)31(5,29)30/h6-8,11,13,16H,1,9-10,12H2,2-5H3/b25-19+,26-18+. The maximum atomic E-state index is 14.0. The Morgan fingerprint density at radius 2 is 1.94 bits per heavy atom. The molecule has 0 bridgehead atoms. The molecule has 1 unspecified atom stereocenters. The number of sulfone groups is 1. The molecule has 1 heterocycles. The van der Waals surface area contributed by atoms with Gasteiger partial charge in [-0.05, 0) is 30.2 Å². The first-order valence-electron chi connectivity index (χ1n) is 9.56. The Labute approximate surface area is 179 Å². The highest BCUT2D eigenvalue weighted by Crippen LogP contribution is 2.27. The van der Waals surface area contributed by atoms with E-state index in [1.54, 1.807) is 4.90 Å². The largest absolute Gasteiger partial charge is 0.433 e. The fourth-order valence-electron chi connectivity index (χ4n) is 3.41. The molecule has 0 spiro atoms. The molecule has 172 valence electrons. The van der Waals surface area contributed by atoms with E-state index in [2.05, 4.69) is 16.6 Å². The van der Waals surface area contributed by atoms with Crippen molar-refractivity contribution in [2.45, 2.75) is 31.0 Å². The van der Waals surface area contributed by atoms with E-state index in [-0.39, 0.29) is 17.9 Å². The van der Waals surface area contributed by atoms with Crippen LogP contribution in [0.25, 0.3) is 0 Å². The molecular formula is C20H26F4N4O2S.